The molecule has 0 unspecified atom stereocenters. The SMILES string of the molecule is CC(=O)N(c1nc(/C=C(\C#N)C(=O)NC2CCCCC2)cs1)c1ccccc1F. The number of rotatable bonds is 5. The van der Waals surface area contributed by atoms with Gasteiger partial charge in [0.1, 0.15) is 17.5 Å². The van der Waals surface area contributed by atoms with Crippen molar-refractivity contribution in [3.63, 3.8) is 0 Å². The Morgan fingerprint density at radius 2 is 2.03 bits per heavy atom. The predicted octanol–water partition coefficient (Wildman–Crippen LogP) is 4.32. The van der Waals surface area contributed by atoms with E-state index < -0.39 is 17.6 Å². The Morgan fingerprint density at radius 3 is 2.69 bits per heavy atom. The lowest BCUT2D eigenvalue weighted by Gasteiger charge is -2.22. The van der Waals surface area contributed by atoms with Gasteiger partial charge in [0.25, 0.3) is 5.91 Å². The summed E-state index contributed by atoms with van der Waals surface area (Å²) in [6.07, 6.45) is 6.54. The van der Waals surface area contributed by atoms with E-state index >= 15 is 0 Å². The number of benzene rings is 1. The van der Waals surface area contributed by atoms with Crippen molar-refractivity contribution in [3.05, 3.63) is 46.7 Å². The van der Waals surface area contributed by atoms with Gasteiger partial charge in [0.15, 0.2) is 5.13 Å². The number of nitrogens with one attached hydrogen (secondary N) is 1. The minimum absolute atomic E-state index is 0.0484. The first-order chi connectivity index (χ1) is 14.0. The zero-order chi connectivity index (χ0) is 20.8. The van der Waals surface area contributed by atoms with Gasteiger partial charge in [0.05, 0.1) is 11.4 Å². The summed E-state index contributed by atoms with van der Waals surface area (Å²) >= 11 is 1.13. The molecule has 1 saturated carbocycles. The molecule has 1 aliphatic carbocycles. The predicted molar refractivity (Wildman–Crippen MR) is 110 cm³/mol. The van der Waals surface area contributed by atoms with E-state index in [2.05, 4.69) is 10.3 Å². The summed E-state index contributed by atoms with van der Waals surface area (Å²) in [4.78, 5) is 30.0. The summed E-state index contributed by atoms with van der Waals surface area (Å²) in [6, 6.07) is 7.94. The van der Waals surface area contributed by atoms with Gasteiger partial charge >= 0.3 is 0 Å². The number of amides is 2. The van der Waals surface area contributed by atoms with E-state index in [1.54, 1.807) is 11.4 Å². The Labute approximate surface area is 172 Å². The summed E-state index contributed by atoms with van der Waals surface area (Å²) in [6.45, 7) is 1.32. The molecule has 0 spiro atoms. The van der Waals surface area contributed by atoms with E-state index in [0.29, 0.717) is 5.69 Å². The Bertz CT molecular complexity index is 973. The number of hydrogen-bond donors (Lipinski definition) is 1. The van der Waals surface area contributed by atoms with E-state index in [9.17, 15) is 19.2 Å². The monoisotopic (exact) mass is 412 g/mol. The normalized spacial score (nSPS) is 14.9. The highest BCUT2D eigenvalue weighted by Crippen LogP contribution is 2.31. The Balaban J connectivity index is 1.81. The molecule has 1 N–H and O–H groups in total. The fourth-order valence-electron chi connectivity index (χ4n) is 3.29. The van der Waals surface area contributed by atoms with Crippen LogP contribution in [0.5, 0.6) is 0 Å². The van der Waals surface area contributed by atoms with Crippen LogP contribution in [0.15, 0.2) is 35.2 Å². The van der Waals surface area contributed by atoms with Gasteiger partial charge in [-0.3, -0.25) is 14.5 Å². The van der Waals surface area contributed by atoms with Gasteiger partial charge in [-0.2, -0.15) is 5.26 Å². The smallest absolute Gasteiger partial charge is 0.262 e. The molecule has 8 heteroatoms. The Morgan fingerprint density at radius 1 is 1.31 bits per heavy atom. The molecule has 29 heavy (non-hydrogen) atoms. The van der Waals surface area contributed by atoms with Gasteiger partial charge < -0.3 is 5.32 Å². The molecular weight excluding hydrogens is 391 g/mol. The summed E-state index contributed by atoms with van der Waals surface area (Å²) in [5.74, 6) is -1.36. The van der Waals surface area contributed by atoms with Gasteiger partial charge in [0, 0.05) is 18.3 Å². The van der Waals surface area contributed by atoms with Crippen LogP contribution in [-0.2, 0) is 9.59 Å². The molecule has 0 atom stereocenters. The quantitative estimate of drug-likeness (QED) is 0.585. The fourth-order valence-corrected chi connectivity index (χ4v) is 4.13. The van der Waals surface area contributed by atoms with E-state index in [0.717, 1.165) is 37.0 Å². The number of halogens is 1. The van der Waals surface area contributed by atoms with Crippen molar-refractivity contribution < 1.29 is 14.0 Å². The summed E-state index contributed by atoms with van der Waals surface area (Å²) in [5, 5.41) is 14.2. The highest BCUT2D eigenvalue weighted by Gasteiger charge is 2.22. The Hall–Kier alpha value is -3.05. The maximum Gasteiger partial charge on any atom is 0.262 e. The molecule has 1 heterocycles. The second kappa shape index (κ2) is 9.43. The largest absolute Gasteiger partial charge is 0.349 e. The fraction of sp³-hybridized carbons (Fsp3) is 0.333. The minimum atomic E-state index is -0.542. The summed E-state index contributed by atoms with van der Waals surface area (Å²) in [7, 11) is 0. The average molecular weight is 412 g/mol. The van der Waals surface area contributed by atoms with Crippen molar-refractivity contribution in [2.45, 2.75) is 45.1 Å². The molecule has 1 aromatic heterocycles. The van der Waals surface area contributed by atoms with Gasteiger partial charge in [0.2, 0.25) is 5.91 Å². The van der Waals surface area contributed by atoms with E-state index in [4.69, 9.17) is 0 Å². The molecule has 6 nitrogen and oxygen atoms in total. The minimum Gasteiger partial charge on any atom is -0.349 e. The molecule has 1 aromatic carbocycles. The molecule has 1 fully saturated rings. The van der Waals surface area contributed by atoms with Crippen LogP contribution in [0, 0.1) is 17.1 Å². The van der Waals surface area contributed by atoms with Crippen LogP contribution in [0.3, 0.4) is 0 Å². The molecule has 0 aliphatic heterocycles. The lowest BCUT2D eigenvalue weighted by Crippen LogP contribution is -2.36. The third-order valence-corrected chi connectivity index (χ3v) is 5.55. The maximum absolute atomic E-state index is 14.2. The molecule has 2 aromatic rings. The Kier molecular flexibility index (Phi) is 6.73. The van der Waals surface area contributed by atoms with Crippen molar-refractivity contribution in [1.82, 2.24) is 10.3 Å². The van der Waals surface area contributed by atoms with Gasteiger partial charge in [-0.05, 0) is 31.1 Å². The van der Waals surface area contributed by atoms with Gasteiger partial charge in [-0.15, -0.1) is 11.3 Å². The van der Waals surface area contributed by atoms with Crippen molar-refractivity contribution >= 4 is 40.0 Å². The number of aromatic nitrogens is 1. The van der Waals surface area contributed by atoms with Crippen LogP contribution in [0.1, 0.15) is 44.7 Å². The second-order valence-electron chi connectivity index (χ2n) is 6.84. The molecule has 0 radical (unpaired) electrons. The van der Waals surface area contributed by atoms with Crippen LogP contribution in [-0.4, -0.2) is 22.8 Å². The van der Waals surface area contributed by atoms with Crippen molar-refractivity contribution in [2.24, 2.45) is 0 Å². The molecule has 2 amide bonds. The number of hydrogen-bond acceptors (Lipinski definition) is 5. The van der Waals surface area contributed by atoms with Crippen LogP contribution in [0.2, 0.25) is 0 Å². The lowest BCUT2D eigenvalue weighted by molar-refractivity contribution is -0.118. The van der Waals surface area contributed by atoms with Gasteiger partial charge in [-0.1, -0.05) is 31.4 Å². The van der Waals surface area contributed by atoms with Crippen LogP contribution >= 0.6 is 11.3 Å². The number of carbonyl (C=O) groups excluding carboxylic acids is 2. The van der Waals surface area contributed by atoms with Crippen molar-refractivity contribution in [2.75, 3.05) is 4.90 Å². The topological polar surface area (TPSA) is 86.1 Å². The molecule has 0 bridgehead atoms. The van der Waals surface area contributed by atoms with E-state index in [1.807, 2.05) is 6.07 Å². The van der Waals surface area contributed by atoms with E-state index in [1.165, 1.54) is 42.5 Å². The number of para-hydroxylation sites is 1. The molecule has 0 saturated heterocycles. The second-order valence-corrected chi connectivity index (χ2v) is 7.68. The number of anilines is 2. The standard InChI is InChI=1S/C21H21FN4O2S/c1-14(27)26(19-10-6-5-9-18(19)22)21-25-17(13-29-21)11-15(12-23)20(28)24-16-7-3-2-4-8-16/h5-6,9-11,13,16H,2-4,7-8H2,1H3,(H,24,28)/b15-11+. The zero-order valence-electron chi connectivity index (χ0n) is 16.0. The highest BCUT2D eigenvalue weighted by atomic mass is 32.1. The molecule has 1 aliphatic rings. The maximum atomic E-state index is 14.2. The lowest BCUT2D eigenvalue weighted by atomic mass is 9.95. The highest BCUT2D eigenvalue weighted by molar-refractivity contribution is 7.14. The third kappa shape index (κ3) is 5.06. The average Bonchev–Trinajstić information content (AvgIpc) is 3.16. The number of nitrogens with zero attached hydrogens (tertiary/aromatic N) is 3. The molecular formula is C21H21FN4O2S. The first-order valence-corrected chi connectivity index (χ1v) is 10.3. The van der Waals surface area contributed by atoms with Crippen LogP contribution in [0.4, 0.5) is 15.2 Å². The van der Waals surface area contributed by atoms with Crippen LogP contribution in [0.25, 0.3) is 6.08 Å². The number of nitriles is 1. The van der Waals surface area contributed by atoms with Crippen molar-refractivity contribution in [3.8, 4) is 6.07 Å². The zero-order valence-corrected chi connectivity index (χ0v) is 16.8. The first-order valence-electron chi connectivity index (χ1n) is 9.43. The third-order valence-electron chi connectivity index (χ3n) is 4.71. The first kappa shape index (κ1) is 20.7. The molecule has 3 rings (SSSR count). The van der Waals surface area contributed by atoms with E-state index in [-0.39, 0.29) is 22.4 Å². The summed E-state index contributed by atoms with van der Waals surface area (Å²) < 4.78 is 14.2. The van der Waals surface area contributed by atoms with Crippen LogP contribution < -0.4 is 10.2 Å². The number of carbonyl (C=O) groups is 2. The van der Waals surface area contributed by atoms with Crippen molar-refractivity contribution in [1.29, 1.82) is 5.26 Å². The van der Waals surface area contributed by atoms with Gasteiger partial charge in [-0.25, -0.2) is 9.37 Å². The molecule has 150 valence electrons. The number of thiazole rings is 1. The summed E-state index contributed by atoms with van der Waals surface area (Å²) in [5.41, 5.74) is 0.413.